The predicted molar refractivity (Wildman–Crippen MR) is 91.4 cm³/mol. The number of carbonyl (C=O) groups is 1. The van der Waals surface area contributed by atoms with Crippen LogP contribution in [0.5, 0.6) is 0 Å². The molecule has 3 rings (SSSR count). The summed E-state index contributed by atoms with van der Waals surface area (Å²) < 4.78 is 3.71. The molecular formula is C17H20N6O. The number of benzene rings is 1. The van der Waals surface area contributed by atoms with Gasteiger partial charge in [-0.25, -0.2) is 9.67 Å². The number of nitrogens with zero attached hydrogens (tertiary/aromatic N) is 5. The summed E-state index contributed by atoms with van der Waals surface area (Å²) in [6.45, 7) is 8.49. The molecule has 2 aromatic heterocycles. The van der Waals surface area contributed by atoms with Crippen LogP contribution in [0.15, 0.2) is 30.6 Å². The summed E-state index contributed by atoms with van der Waals surface area (Å²) in [7, 11) is 0. The van der Waals surface area contributed by atoms with Crippen molar-refractivity contribution in [1.82, 2.24) is 24.5 Å². The first-order valence-electron chi connectivity index (χ1n) is 7.83. The third-order valence-electron chi connectivity index (χ3n) is 4.15. The normalized spacial score (nSPS) is 10.8. The molecule has 7 heteroatoms. The van der Waals surface area contributed by atoms with Gasteiger partial charge in [-0.05, 0) is 52.0 Å². The lowest BCUT2D eigenvalue weighted by Gasteiger charge is -2.08. The number of carbonyl (C=O) groups excluding carboxylic acids is 1. The Morgan fingerprint density at radius 2 is 1.83 bits per heavy atom. The number of aryl methyl sites for hydroxylation is 2. The van der Waals surface area contributed by atoms with Gasteiger partial charge in [-0.3, -0.25) is 4.79 Å². The van der Waals surface area contributed by atoms with Crippen molar-refractivity contribution in [3.05, 3.63) is 53.4 Å². The smallest absolute Gasteiger partial charge is 0.278 e. The first kappa shape index (κ1) is 15.9. The molecule has 0 saturated heterocycles. The van der Waals surface area contributed by atoms with E-state index in [0.29, 0.717) is 17.9 Å². The van der Waals surface area contributed by atoms with Crippen LogP contribution in [0, 0.1) is 20.8 Å². The van der Waals surface area contributed by atoms with E-state index in [-0.39, 0.29) is 5.91 Å². The van der Waals surface area contributed by atoms with Crippen LogP contribution >= 0.6 is 0 Å². The maximum absolute atomic E-state index is 12.3. The average molecular weight is 324 g/mol. The minimum atomic E-state index is -0.255. The van der Waals surface area contributed by atoms with Gasteiger partial charge in [0.1, 0.15) is 0 Å². The number of aromatic nitrogens is 5. The lowest BCUT2D eigenvalue weighted by Crippen LogP contribution is -2.14. The zero-order chi connectivity index (χ0) is 17.3. The molecule has 7 nitrogen and oxygen atoms in total. The first-order valence-corrected chi connectivity index (χ1v) is 7.83. The Morgan fingerprint density at radius 3 is 2.38 bits per heavy atom. The van der Waals surface area contributed by atoms with E-state index in [1.54, 1.807) is 11.0 Å². The molecule has 0 aliphatic heterocycles. The SMILES string of the molecule is CCn1nnc(C(=O)Nc2ccc(-n3cnc(C)c3C)cc2)c1C. The molecule has 1 N–H and O–H groups in total. The molecule has 0 aliphatic rings. The fourth-order valence-electron chi connectivity index (χ4n) is 2.53. The third kappa shape index (κ3) is 2.80. The van der Waals surface area contributed by atoms with Gasteiger partial charge in [0.25, 0.3) is 5.91 Å². The van der Waals surface area contributed by atoms with Crippen molar-refractivity contribution in [3.63, 3.8) is 0 Å². The van der Waals surface area contributed by atoms with Gasteiger partial charge in [0.2, 0.25) is 0 Å². The van der Waals surface area contributed by atoms with Crippen molar-refractivity contribution >= 4 is 11.6 Å². The van der Waals surface area contributed by atoms with Gasteiger partial charge < -0.3 is 9.88 Å². The van der Waals surface area contributed by atoms with E-state index in [2.05, 4.69) is 20.6 Å². The van der Waals surface area contributed by atoms with Gasteiger partial charge in [0, 0.05) is 23.6 Å². The topological polar surface area (TPSA) is 77.6 Å². The number of anilines is 1. The summed E-state index contributed by atoms with van der Waals surface area (Å²) in [5, 5.41) is 10.8. The Kier molecular flexibility index (Phi) is 4.16. The fourth-order valence-corrected chi connectivity index (χ4v) is 2.53. The highest BCUT2D eigenvalue weighted by Crippen LogP contribution is 2.17. The predicted octanol–water partition coefficient (Wildman–Crippen LogP) is 2.66. The molecule has 3 aromatic rings. The molecule has 1 amide bonds. The minimum Gasteiger partial charge on any atom is -0.321 e. The quantitative estimate of drug-likeness (QED) is 0.800. The Morgan fingerprint density at radius 1 is 1.12 bits per heavy atom. The van der Waals surface area contributed by atoms with E-state index in [1.165, 1.54) is 0 Å². The van der Waals surface area contributed by atoms with Crippen LogP contribution in [0.2, 0.25) is 0 Å². The van der Waals surface area contributed by atoms with E-state index in [1.807, 2.05) is 56.5 Å². The van der Waals surface area contributed by atoms with Gasteiger partial charge in [-0.2, -0.15) is 0 Å². The molecule has 0 bridgehead atoms. The second kappa shape index (κ2) is 6.27. The van der Waals surface area contributed by atoms with Crippen LogP contribution in [0.3, 0.4) is 0 Å². The van der Waals surface area contributed by atoms with Crippen molar-refractivity contribution in [2.24, 2.45) is 0 Å². The van der Waals surface area contributed by atoms with Crippen molar-refractivity contribution in [3.8, 4) is 5.69 Å². The Hall–Kier alpha value is -2.96. The van der Waals surface area contributed by atoms with Gasteiger partial charge in [-0.1, -0.05) is 5.21 Å². The van der Waals surface area contributed by atoms with Crippen LogP contribution in [0.1, 0.15) is 34.5 Å². The molecule has 124 valence electrons. The Labute approximate surface area is 140 Å². The van der Waals surface area contributed by atoms with E-state index in [0.717, 1.165) is 22.8 Å². The van der Waals surface area contributed by atoms with Crippen LogP contribution in [-0.2, 0) is 6.54 Å². The van der Waals surface area contributed by atoms with E-state index < -0.39 is 0 Å². The summed E-state index contributed by atoms with van der Waals surface area (Å²) >= 11 is 0. The molecular weight excluding hydrogens is 304 g/mol. The molecule has 0 fully saturated rings. The number of hydrogen-bond donors (Lipinski definition) is 1. The molecule has 0 saturated carbocycles. The monoisotopic (exact) mass is 324 g/mol. The van der Waals surface area contributed by atoms with Crippen LogP contribution in [0.4, 0.5) is 5.69 Å². The zero-order valence-corrected chi connectivity index (χ0v) is 14.2. The Balaban J connectivity index is 1.77. The number of rotatable bonds is 4. The molecule has 0 unspecified atom stereocenters. The molecule has 0 radical (unpaired) electrons. The molecule has 2 heterocycles. The first-order chi connectivity index (χ1) is 11.5. The highest BCUT2D eigenvalue weighted by molar-refractivity contribution is 6.03. The molecule has 1 aromatic carbocycles. The van der Waals surface area contributed by atoms with E-state index in [4.69, 9.17) is 0 Å². The number of nitrogens with one attached hydrogen (secondary N) is 1. The summed E-state index contributed by atoms with van der Waals surface area (Å²) in [6.07, 6.45) is 1.80. The standard InChI is InChI=1S/C17H20N6O/c1-5-23-13(4)16(20-21-23)17(24)19-14-6-8-15(9-7-14)22-10-18-11(2)12(22)3/h6-10H,5H2,1-4H3,(H,19,24). The van der Waals surface area contributed by atoms with Crippen molar-refractivity contribution in [2.45, 2.75) is 34.2 Å². The number of imidazole rings is 1. The van der Waals surface area contributed by atoms with Crippen LogP contribution in [-0.4, -0.2) is 30.5 Å². The molecule has 24 heavy (non-hydrogen) atoms. The average Bonchev–Trinajstić information content (AvgIpc) is 3.11. The summed E-state index contributed by atoms with van der Waals surface area (Å²) in [5.41, 5.74) is 4.92. The Bertz CT molecular complexity index is 875. The fraction of sp³-hybridized carbons (Fsp3) is 0.294. The summed E-state index contributed by atoms with van der Waals surface area (Å²) in [6, 6.07) is 7.61. The van der Waals surface area contributed by atoms with Crippen molar-refractivity contribution < 1.29 is 4.79 Å². The largest absolute Gasteiger partial charge is 0.321 e. The third-order valence-corrected chi connectivity index (χ3v) is 4.15. The van der Waals surface area contributed by atoms with Crippen molar-refractivity contribution in [1.29, 1.82) is 0 Å². The van der Waals surface area contributed by atoms with Gasteiger partial charge in [-0.15, -0.1) is 5.10 Å². The van der Waals surface area contributed by atoms with Gasteiger partial charge >= 0.3 is 0 Å². The van der Waals surface area contributed by atoms with Gasteiger partial charge in [0.15, 0.2) is 5.69 Å². The second-order valence-electron chi connectivity index (χ2n) is 5.63. The lowest BCUT2D eigenvalue weighted by atomic mass is 10.2. The number of hydrogen-bond acceptors (Lipinski definition) is 4. The van der Waals surface area contributed by atoms with Crippen molar-refractivity contribution in [2.75, 3.05) is 5.32 Å². The highest BCUT2D eigenvalue weighted by Gasteiger charge is 2.16. The highest BCUT2D eigenvalue weighted by atomic mass is 16.2. The minimum absolute atomic E-state index is 0.255. The summed E-state index contributed by atoms with van der Waals surface area (Å²) in [5.74, 6) is -0.255. The number of amides is 1. The maximum Gasteiger partial charge on any atom is 0.278 e. The zero-order valence-electron chi connectivity index (χ0n) is 14.2. The van der Waals surface area contributed by atoms with Gasteiger partial charge in [0.05, 0.1) is 17.7 Å². The van der Waals surface area contributed by atoms with E-state index in [9.17, 15) is 4.79 Å². The second-order valence-corrected chi connectivity index (χ2v) is 5.63. The summed E-state index contributed by atoms with van der Waals surface area (Å²) in [4.78, 5) is 16.6. The molecule has 0 spiro atoms. The van der Waals surface area contributed by atoms with E-state index >= 15 is 0 Å². The molecule has 0 aliphatic carbocycles. The maximum atomic E-state index is 12.3. The van der Waals surface area contributed by atoms with Crippen LogP contribution in [0.25, 0.3) is 5.69 Å². The lowest BCUT2D eigenvalue weighted by molar-refractivity contribution is 0.102. The van der Waals surface area contributed by atoms with Crippen LogP contribution < -0.4 is 5.32 Å². The molecule has 0 atom stereocenters.